The highest BCUT2D eigenvalue weighted by molar-refractivity contribution is 9.10. The number of rotatable bonds is 6. The second kappa shape index (κ2) is 8.93. The molecule has 2 amide bonds. The molecular weight excluding hydrogens is 466 g/mol. The summed E-state index contributed by atoms with van der Waals surface area (Å²) in [5, 5.41) is 4.19. The van der Waals surface area contributed by atoms with Crippen LogP contribution in [-0.2, 0) is 11.4 Å². The predicted molar refractivity (Wildman–Crippen MR) is 123 cm³/mol. The van der Waals surface area contributed by atoms with Crippen LogP contribution in [0.4, 0.5) is 4.79 Å². The van der Waals surface area contributed by atoms with Gasteiger partial charge in [0, 0.05) is 0 Å². The number of hydrogen-bond donors (Lipinski definition) is 1. The normalized spacial score (nSPS) is 14.9. The molecule has 0 aliphatic carbocycles. The van der Waals surface area contributed by atoms with E-state index < -0.39 is 5.91 Å². The van der Waals surface area contributed by atoms with Crippen molar-refractivity contribution in [3.05, 3.63) is 75.1 Å². The monoisotopic (exact) mass is 483 g/mol. The van der Waals surface area contributed by atoms with Crippen LogP contribution in [0.1, 0.15) is 18.1 Å². The minimum Gasteiger partial charge on any atom is -0.490 e. The first-order valence-electron chi connectivity index (χ1n) is 9.36. The third kappa shape index (κ3) is 4.37. The van der Waals surface area contributed by atoms with Crippen molar-refractivity contribution in [1.29, 1.82) is 0 Å². The summed E-state index contributed by atoms with van der Waals surface area (Å²) in [5.74, 6) is 0.760. The van der Waals surface area contributed by atoms with Gasteiger partial charge in [-0.05, 0) is 74.7 Å². The number of ether oxygens (including phenoxy) is 2. The lowest BCUT2D eigenvalue weighted by atomic mass is 10.1. The predicted octanol–water partition coefficient (Wildman–Crippen LogP) is 5.90. The van der Waals surface area contributed by atoms with Crippen LogP contribution in [0.3, 0.4) is 0 Å². The van der Waals surface area contributed by atoms with E-state index in [4.69, 9.17) is 9.47 Å². The molecule has 1 heterocycles. The van der Waals surface area contributed by atoms with Crippen molar-refractivity contribution in [3.63, 3.8) is 0 Å². The number of nitrogens with one attached hydrogen (secondary N) is 1. The summed E-state index contributed by atoms with van der Waals surface area (Å²) in [6.45, 7) is 2.74. The Bertz CT molecular complexity index is 1170. The maximum atomic E-state index is 11.8. The Labute approximate surface area is 186 Å². The molecule has 0 radical (unpaired) electrons. The van der Waals surface area contributed by atoms with E-state index in [0.717, 1.165) is 33.7 Å². The van der Waals surface area contributed by atoms with Crippen LogP contribution >= 0.6 is 27.7 Å². The molecule has 1 N–H and O–H groups in total. The quantitative estimate of drug-likeness (QED) is 0.441. The molecule has 0 aromatic heterocycles. The molecule has 30 heavy (non-hydrogen) atoms. The van der Waals surface area contributed by atoms with Crippen LogP contribution < -0.4 is 14.8 Å². The summed E-state index contributed by atoms with van der Waals surface area (Å²) >= 11 is 4.44. The van der Waals surface area contributed by atoms with Gasteiger partial charge in [-0.25, -0.2) is 0 Å². The van der Waals surface area contributed by atoms with Gasteiger partial charge in [-0.2, -0.15) is 0 Å². The van der Waals surface area contributed by atoms with Gasteiger partial charge in [0.25, 0.3) is 11.1 Å². The Kier molecular flexibility index (Phi) is 6.11. The third-order valence-electron chi connectivity index (χ3n) is 4.52. The van der Waals surface area contributed by atoms with E-state index in [1.807, 2.05) is 37.3 Å². The number of benzene rings is 3. The van der Waals surface area contributed by atoms with Crippen molar-refractivity contribution >= 4 is 55.7 Å². The van der Waals surface area contributed by atoms with Crippen LogP contribution in [0.5, 0.6) is 11.5 Å². The smallest absolute Gasteiger partial charge is 0.290 e. The summed E-state index contributed by atoms with van der Waals surface area (Å²) in [5.41, 5.74) is 1.81. The summed E-state index contributed by atoms with van der Waals surface area (Å²) in [6.07, 6.45) is 1.66. The zero-order valence-corrected chi connectivity index (χ0v) is 18.5. The fourth-order valence-electron chi connectivity index (χ4n) is 3.21. The molecule has 7 heteroatoms. The maximum absolute atomic E-state index is 11.8. The van der Waals surface area contributed by atoms with Gasteiger partial charge in [0.05, 0.1) is 16.0 Å². The molecule has 0 saturated carbocycles. The van der Waals surface area contributed by atoms with E-state index in [1.54, 1.807) is 12.1 Å². The second-order valence-corrected chi connectivity index (χ2v) is 8.41. The number of imide groups is 1. The number of carbonyl (C=O) groups is 2. The zero-order chi connectivity index (χ0) is 21.1. The maximum Gasteiger partial charge on any atom is 0.290 e. The van der Waals surface area contributed by atoms with Crippen molar-refractivity contribution in [2.24, 2.45) is 0 Å². The fraction of sp³-hybridized carbons (Fsp3) is 0.130. The second-order valence-electron chi connectivity index (χ2n) is 6.54. The largest absolute Gasteiger partial charge is 0.490 e. The van der Waals surface area contributed by atoms with Gasteiger partial charge in [-0.15, -0.1) is 0 Å². The topological polar surface area (TPSA) is 64.6 Å². The molecule has 0 unspecified atom stereocenters. The Morgan fingerprint density at radius 2 is 1.87 bits per heavy atom. The number of hydrogen-bond acceptors (Lipinski definition) is 5. The van der Waals surface area contributed by atoms with Crippen LogP contribution in [0.25, 0.3) is 16.8 Å². The zero-order valence-electron chi connectivity index (χ0n) is 16.1. The van der Waals surface area contributed by atoms with E-state index in [2.05, 4.69) is 39.4 Å². The Morgan fingerprint density at radius 3 is 2.63 bits per heavy atom. The molecule has 1 aliphatic heterocycles. The number of amides is 2. The number of fused-ring (bicyclic) bond motifs is 1. The molecule has 0 bridgehead atoms. The summed E-state index contributed by atoms with van der Waals surface area (Å²) < 4.78 is 12.6. The fourth-order valence-corrected chi connectivity index (χ4v) is 4.47. The Hall–Kier alpha value is -2.77. The first-order chi connectivity index (χ1) is 14.5. The SMILES string of the molecule is CCOc1cc(/C=C2\SC(=O)NC2=O)cc(Br)c1OCc1cccc2ccccc12. The number of thioether (sulfide) groups is 1. The van der Waals surface area contributed by atoms with Gasteiger partial charge < -0.3 is 9.47 Å². The van der Waals surface area contributed by atoms with E-state index in [9.17, 15) is 9.59 Å². The van der Waals surface area contributed by atoms with Crippen molar-refractivity contribution in [1.82, 2.24) is 5.32 Å². The molecule has 5 nitrogen and oxygen atoms in total. The molecule has 0 spiro atoms. The van der Waals surface area contributed by atoms with Crippen molar-refractivity contribution in [2.45, 2.75) is 13.5 Å². The average Bonchev–Trinajstić information content (AvgIpc) is 3.04. The third-order valence-corrected chi connectivity index (χ3v) is 5.92. The molecule has 3 aromatic carbocycles. The Balaban J connectivity index is 1.63. The summed E-state index contributed by atoms with van der Waals surface area (Å²) in [7, 11) is 0. The molecule has 3 aromatic rings. The van der Waals surface area contributed by atoms with Gasteiger partial charge in [0.2, 0.25) is 0 Å². The molecule has 152 valence electrons. The van der Waals surface area contributed by atoms with Crippen molar-refractivity contribution < 1.29 is 19.1 Å². The molecule has 0 atom stereocenters. The lowest BCUT2D eigenvalue weighted by Gasteiger charge is -2.15. The van der Waals surface area contributed by atoms with Crippen molar-refractivity contribution in [2.75, 3.05) is 6.61 Å². The summed E-state index contributed by atoms with van der Waals surface area (Å²) in [6, 6.07) is 17.9. The van der Waals surface area contributed by atoms with Crippen LogP contribution in [-0.4, -0.2) is 17.8 Å². The molecule has 4 rings (SSSR count). The van der Waals surface area contributed by atoms with Crippen LogP contribution in [0, 0.1) is 0 Å². The lowest BCUT2D eigenvalue weighted by Crippen LogP contribution is -2.17. The van der Waals surface area contributed by atoms with E-state index in [-0.39, 0.29) is 5.24 Å². The molecule has 1 saturated heterocycles. The van der Waals surface area contributed by atoms with Gasteiger partial charge in [0.15, 0.2) is 11.5 Å². The number of halogens is 1. The lowest BCUT2D eigenvalue weighted by molar-refractivity contribution is -0.115. The van der Waals surface area contributed by atoms with Gasteiger partial charge in [-0.3, -0.25) is 14.9 Å². The van der Waals surface area contributed by atoms with E-state index >= 15 is 0 Å². The van der Waals surface area contributed by atoms with Gasteiger partial charge in [-0.1, -0.05) is 42.5 Å². The highest BCUT2D eigenvalue weighted by Gasteiger charge is 2.25. The van der Waals surface area contributed by atoms with Crippen LogP contribution in [0.2, 0.25) is 0 Å². The average molecular weight is 484 g/mol. The minimum absolute atomic E-state index is 0.346. The van der Waals surface area contributed by atoms with Crippen LogP contribution in [0.15, 0.2) is 64.0 Å². The minimum atomic E-state index is -0.393. The van der Waals surface area contributed by atoms with E-state index in [0.29, 0.717) is 34.1 Å². The molecule has 1 fully saturated rings. The molecular formula is C23H18BrNO4S. The van der Waals surface area contributed by atoms with E-state index in [1.165, 1.54) is 0 Å². The number of carbonyl (C=O) groups excluding carboxylic acids is 2. The Morgan fingerprint density at radius 1 is 1.07 bits per heavy atom. The van der Waals surface area contributed by atoms with Crippen molar-refractivity contribution in [3.8, 4) is 11.5 Å². The first-order valence-corrected chi connectivity index (χ1v) is 11.0. The highest BCUT2D eigenvalue weighted by Crippen LogP contribution is 2.39. The highest BCUT2D eigenvalue weighted by atomic mass is 79.9. The first kappa shape index (κ1) is 20.5. The van der Waals surface area contributed by atoms with Gasteiger partial charge in [0.1, 0.15) is 6.61 Å². The molecule has 1 aliphatic rings. The summed E-state index contributed by atoms with van der Waals surface area (Å²) in [4.78, 5) is 23.6. The standard InChI is InChI=1S/C23H18BrNO4S/c1-2-28-19-11-14(12-20-22(26)25-23(27)30-20)10-18(24)21(19)29-13-16-8-5-7-15-6-3-4-9-17(15)16/h3-12H,2,13H2,1H3,(H,25,26,27)/b20-12-. The van der Waals surface area contributed by atoms with Gasteiger partial charge >= 0.3 is 0 Å².